The predicted molar refractivity (Wildman–Crippen MR) is 84.2 cm³/mol. The van der Waals surface area contributed by atoms with Gasteiger partial charge in [-0.1, -0.05) is 0 Å². The van der Waals surface area contributed by atoms with Crippen LogP contribution in [0.15, 0.2) is 22.8 Å². The van der Waals surface area contributed by atoms with Gasteiger partial charge in [-0.05, 0) is 30.6 Å². The number of hydrogen-bond donors (Lipinski definition) is 2. The SMILES string of the molecule is CSCC[C@H](CO)NC(=O)[C@H]1CC(=O)N(Cc2ccco2)C1. The molecule has 0 spiro atoms. The second-order valence-electron chi connectivity index (χ2n) is 5.42. The van der Waals surface area contributed by atoms with Crippen molar-refractivity contribution in [3.63, 3.8) is 0 Å². The first-order chi connectivity index (χ1) is 10.6. The topological polar surface area (TPSA) is 82.8 Å². The van der Waals surface area contributed by atoms with Gasteiger partial charge in [-0.15, -0.1) is 0 Å². The minimum absolute atomic E-state index is 0.0405. The largest absolute Gasteiger partial charge is 0.467 e. The van der Waals surface area contributed by atoms with Gasteiger partial charge in [-0.25, -0.2) is 0 Å². The van der Waals surface area contributed by atoms with Crippen LogP contribution in [-0.4, -0.2) is 53.0 Å². The first-order valence-electron chi connectivity index (χ1n) is 7.34. The van der Waals surface area contributed by atoms with Crippen molar-refractivity contribution in [3.8, 4) is 0 Å². The third kappa shape index (κ3) is 4.51. The van der Waals surface area contributed by atoms with Crippen molar-refractivity contribution >= 4 is 23.6 Å². The average molecular weight is 326 g/mol. The highest BCUT2D eigenvalue weighted by Crippen LogP contribution is 2.21. The highest BCUT2D eigenvalue weighted by atomic mass is 32.2. The number of carbonyl (C=O) groups excluding carboxylic acids is 2. The van der Waals surface area contributed by atoms with E-state index in [4.69, 9.17) is 4.42 Å². The zero-order chi connectivity index (χ0) is 15.9. The summed E-state index contributed by atoms with van der Waals surface area (Å²) in [4.78, 5) is 25.9. The molecule has 1 aromatic rings. The standard InChI is InChI=1S/C15H22N2O4S/c1-22-6-4-12(10-18)16-15(20)11-7-14(19)17(8-11)9-13-3-2-5-21-13/h2-3,5,11-12,18H,4,6-10H2,1H3,(H,16,20)/t11-,12+/m0/s1. The number of amides is 2. The number of furan rings is 1. The summed E-state index contributed by atoms with van der Waals surface area (Å²) in [5, 5.41) is 12.1. The van der Waals surface area contributed by atoms with E-state index in [2.05, 4.69) is 5.32 Å². The lowest BCUT2D eigenvalue weighted by atomic mass is 10.1. The summed E-state index contributed by atoms with van der Waals surface area (Å²) in [7, 11) is 0. The number of likely N-dealkylation sites (tertiary alicyclic amines) is 1. The van der Waals surface area contributed by atoms with E-state index in [0.29, 0.717) is 18.8 Å². The molecule has 1 saturated heterocycles. The van der Waals surface area contributed by atoms with Gasteiger partial charge in [-0.3, -0.25) is 9.59 Å². The van der Waals surface area contributed by atoms with Crippen LogP contribution in [0.1, 0.15) is 18.6 Å². The Bertz CT molecular complexity index is 492. The van der Waals surface area contributed by atoms with Gasteiger partial charge in [0.1, 0.15) is 5.76 Å². The zero-order valence-electron chi connectivity index (χ0n) is 12.7. The van der Waals surface area contributed by atoms with Crippen LogP contribution < -0.4 is 5.32 Å². The minimum Gasteiger partial charge on any atom is -0.467 e. The molecule has 1 aliphatic rings. The maximum atomic E-state index is 12.2. The Morgan fingerprint density at radius 3 is 3.09 bits per heavy atom. The van der Waals surface area contributed by atoms with E-state index < -0.39 is 0 Å². The van der Waals surface area contributed by atoms with Crippen molar-refractivity contribution < 1.29 is 19.1 Å². The first-order valence-corrected chi connectivity index (χ1v) is 8.73. The van der Waals surface area contributed by atoms with Gasteiger partial charge in [0.2, 0.25) is 11.8 Å². The molecule has 122 valence electrons. The lowest BCUT2D eigenvalue weighted by Gasteiger charge is -2.19. The quantitative estimate of drug-likeness (QED) is 0.740. The maximum absolute atomic E-state index is 12.2. The lowest BCUT2D eigenvalue weighted by Crippen LogP contribution is -2.42. The number of thioether (sulfide) groups is 1. The average Bonchev–Trinajstić information content (AvgIpc) is 3.14. The molecule has 0 aromatic carbocycles. The molecule has 0 radical (unpaired) electrons. The van der Waals surface area contributed by atoms with E-state index in [-0.39, 0.29) is 36.8 Å². The minimum atomic E-state index is -0.356. The smallest absolute Gasteiger partial charge is 0.225 e. The monoisotopic (exact) mass is 326 g/mol. The van der Waals surface area contributed by atoms with Gasteiger partial charge in [-0.2, -0.15) is 11.8 Å². The Balaban J connectivity index is 1.85. The molecule has 22 heavy (non-hydrogen) atoms. The normalized spacial score (nSPS) is 19.5. The van der Waals surface area contributed by atoms with E-state index in [1.54, 1.807) is 29.0 Å². The molecule has 2 amide bonds. The Morgan fingerprint density at radius 2 is 2.45 bits per heavy atom. The summed E-state index contributed by atoms with van der Waals surface area (Å²) in [6, 6.07) is 3.34. The first kappa shape index (κ1) is 16.9. The highest BCUT2D eigenvalue weighted by molar-refractivity contribution is 7.98. The van der Waals surface area contributed by atoms with E-state index in [1.807, 2.05) is 12.3 Å². The number of aliphatic hydroxyl groups excluding tert-OH is 1. The Morgan fingerprint density at radius 1 is 1.64 bits per heavy atom. The summed E-state index contributed by atoms with van der Waals surface area (Å²) in [5.74, 6) is 1.03. The van der Waals surface area contributed by atoms with Crippen molar-refractivity contribution in [2.24, 2.45) is 5.92 Å². The number of aliphatic hydroxyl groups is 1. The summed E-state index contributed by atoms with van der Waals surface area (Å²) in [5.41, 5.74) is 0. The number of nitrogens with zero attached hydrogens (tertiary/aromatic N) is 1. The fourth-order valence-electron chi connectivity index (χ4n) is 2.48. The van der Waals surface area contributed by atoms with Crippen LogP contribution in [0, 0.1) is 5.92 Å². The highest BCUT2D eigenvalue weighted by Gasteiger charge is 2.35. The second kappa shape index (κ2) is 8.24. The summed E-state index contributed by atoms with van der Waals surface area (Å²) in [6.45, 7) is 0.709. The van der Waals surface area contributed by atoms with Crippen molar-refractivity contribution in [3.05, 3.63) is 24.2 Å². The molecule has 0 saturated carbocycles. The van der Waals surface area contributed by atoms with Crippen LogP contribution in [0.25, 0.3) is 0 Å². The van der Waals surface area contributed by atoms with Crippen molar-refractivity contribution in [2.75, 3.05) is 25.2 Å². The molecule has 7 heteroatoms. The molecular weight excluding hydrogens is 304 g/mol. The van der Waals surface area contributed by atoms with Gasteiger partial charge < -0.3 is 19.7 Å². The molecule has 1 aliphatic heterocycles. The summed E-state index contributed by atoms with van der Waals surface area (Å²) >= 11 is 1.67. The molecule has 2 rings (SSSR count). The van der Waals surface area contributed by atoms with E-state index in [9.17, 15) is 14.7 Å². The molecular formula is C15H22N2O4S. The van der Waals surface area contributed by atoms with Crippen LogP contribution in [0.3, 0.4) is 0 Å². The fourth-order valence-corrected chi connectivity index (χ4v) is 3.00. The Kier molecular flexibility index (Phi) is 6.33. The molecule has 1 fully saturated rings. The predicted octanol–water partition coefficient (Wildman–Crippen LogP) is 0.858. The van der Waals surface area contributed by atoms with Crippen LogP contribution in [0.2, 0.25) is 0 Å². The van der Waals surface area contributed by atoms with Gasteiger partial charge in [0.05, 0.1) is 31.4 Å². The molecule has 0 unspecified atom stereocenters. The number of rotatable bonds is 8. The van der Waals surface area contributed by atoms with E-state index in [1.165, 1.54) is 0 Å². The molecule has 0 bridgehead atoms. The molecule has 6 nitrogen and oxygen atoms in total. The van der Waals surface area contributed by atoms with Crippen LogP contribution in [0.4, 0.5) is 0 Å². The van der Waals surface area contributed by atoms with Crippen molar-refractivity contribution in [1.82, 2.24) is 10.2 Å². The van der Waals surface area contributed by atoms with Crippen molar-refractivity contribution in [1.29, 1.82) is 0 Å². The maximum Gasteiger partial charge on any atom is 0.225 e. The number of hydrogen-bond acceptors (Lipinski definition) is 5. The fraction of sp³-hybridized carbons (Fsp3) is 0.600. The van der Waals surface area contributed by atoms with Crippen LogP contribution in [0.5, 0.6) is 0 Å². The molecule has 0 aliphatic carbocycles. The van der Waals surface area contributed by atoms with Gasteiger partial charge in [0.15, 0.2) is 0 Å². The number of nitrogens with one attached hydrogen (secondary N) is 1. The lowest BCUT2D eigenvalue weighted by molar-refractivity contribution is -0.129. The number of carbonyl (C=O) groups is 2. The van der Waals surface area contributed by atoms with Crippen LogP contribution in [-0.2, 0) is 16.1 Å². The van der Waals surface area contributed by atoms with Gasteiger partial charge >= 0.3 is 0 Å². The Labute approximate surface area is 134 Å². The van der Waals surface area contributed by atoms with Crippen LogP contribution >= 0.6 is 11.8 Å². The third-order valence-corrected chi connectivity index (χ3v) is 4.39. The third-order valence-electron chi connectivity index (χ3n) is 3.75. The Hall–Kier alpha value is -1.47. The van der Waals surface area contributed by atoms with E-state index >= 15 is 0 Å². The molecule has 1 aromatic heterocycles. The second-order valence-corrected chi connectivity index (χ2v) is 6.41. The van der Waals surface area contributed by atoms with Crippen molar-refractivity contribution in [2.45, 2.75) is 25.4 Å². The summed E-state index contributed by atoms with van der Waals surface area (Å²) in [6.07, 6.45) is 4.49. The molecule has 2 N–H and O–H groups in total. The van der Waals surface area contributed by atoms with Gasteiger partial charge in [0.25, 0.3) is 0 Å². The van der Waals surface area contributed by atoms with Gasteiger partial charge in [0, 0.05) is 13.0 Å². The molecule has 2 atom stereocenters. The zero-order valence-corrected chi connectivity index (χ0v) is 13.5. The summed E-state index contributed by atoms with van der Waals surface area (Å²) < 4.78 is 5.24. The van der Waals surface area contributed by atoms with E-state index in [0.717, 1.165) is 12.2 Å². The molecule has 2 heterocycles.